The first-order valence-corrected chi connectivity index (χ1v) is 11.8. The summed E-state index contributed by atoms with van der Waals surface area (Å²) in [5, 5.41) is 9.54. The number of carbonyl (C=O) groups excluding carboxylic acids is 1. The molecule has 5 nitrogen and oxygen atoms in total. The molecule has 1 aliphatic heterocycles. The van der Waals surface area contributed by atoms with Gasteiger partial charge in [-0.05, 0) is 48.4 Å². The SMILES string of the molecule is CCOc1cc(OC)c(Cc2ccc(-c3ccc(F)cc3)s2)cc1[C@H]1CC(=O)C[C@@H](CO)O1. The highest BCUT2D eigenvalue weighted by atomic mass is 32.1. The Bertz CT molecular complexity index is 1110. The molecule has 7 heteroatoms. The third kappa shape index (κ3) is 5.43. The number of halogens is 1. The number of hydrogen-bond donors (Lipinski definition) is 1. The van der Waals surface area contributed by atoms with E-state index in [1.54, 1.807) is 30.6 Å². The van der Waals surface area contributed by atoms with Crippen LogP contribution in [0.25, 0.3) is 10.4 Å². The predicted octanol–water partition coefficient (Wildman–Crippen LogP) is 5.33. The molecular formula is C26H27FO5S. The average molecular weight is 471 g/mol. The van der Waals surface area contributed by atoms with E-state index in [1.807, 2.05) is 25.1 Å². The van der Waals surface area contributed by atoms with Crippen molar-refractivity contribution >= 4 is 17.1 Å². The van der Waals surface area contributed by atoms with Crippen LogP contribution in [0.5, 0.6) is 11.5 Å². The van der Waals surface area contributed by atoms with Crippen LogP contribution in [-0.2, 0) is 16.0 Å². The zero-order chi connectivity index (χ0) is 23.4. The largest absolute Gasteiger partial charge is 0.496 e. The lowest BCUT2D eigenvalue weighted by Crippen LogP contribution is -2.31. The lowest BCUT2D eigenvalue weighted by Gasteiger charge is -2.30. The zero-order valence-electron chi connectivity index (χ0n) is 18.7. The molecule has 1 N–H and O–H groups in total. The van der Waals surface area contributed by atoms with Crippen molar-refractivity contribution in [3.8, 4) is 21.9 Å². The maximum atomic E-state index is 13.3. The summed E-state index contributed by atoms with van der Waals surface area (Å²) < 4.78 is 30.8. The van der Waals surface area contributed by atoms with Crippen LogP contribution in [0.1, 0.15) is 41.9 Å². The molecule has 0 bridgehead atoms. The van der Waals surface area contributed by atoms with E-state index in [1.165, 1.54) is 12.1 Å². The van der Waals surface area contributed by atoms with Crippen molar-refractivity contribution in [2.75, 3.05) is 20.3 Å². The first-order chi connectivity index (χ1) is 16.0. The molecule has 0 unspecified atom stereocenters. The fraction of sp³-hybridized carbons (Fsp3) is 0.346. The number of hydrogen-bond acceptors (Lipinski definition) is 6. The summed E-state index contributed by atoms with van der Waals surface area (Å²) >= 11 is 1.64. The van der Waals surface area contributed by atoms with E-state index in [4.69, 9.17) is 14.2 Å². The van der Waals surface area contributed by atoms with Crippen molar-refractivity contribution in [1.29, 1.82) is 0 Å². The third-order valence-corrected chi connectivity index (χ3v) is 6.78. The van der Waals surface area contributed by atoms with Crippen molar-refractivity contribution in [2.45, 2.75) is 38.4 Å². The van der Waals surface area contributed by atoms with E-state index < -0.39 is 12.2 Å². The maximum Gasteiger partial charge on any atom is 0.138 e. The number of carbonyl (C=O) groups is 1. The summed E-state index contributed by atoms with van der Waals surface area (Å²) in [7, 11) is 1.62. The highest BCUT2D eigenvalue weighted by Crippen LogP contribution is 2.40. The molecule has 2 atom stereocenters. The van der Waals surface area contributed by atoms with Crippen LogP contribution in [0.4, 0.5) is 4.39 Å². The number of ether oxygens (including phenoxy) is 3. The topological polar surface area (TPSA) is 65.0 Å². The van der Waals surface area contributed by atoms with Gasteiger partial charge in [0.05, 0.1) is 32.5 Å². The Balaban J connectivity index is 1.66. The van der Waals surface area contributed by atoms with Crippen LogP contribution in [0.2, 0.25) is 0 Å². The second kappa shape index (κ2) is 10.5. The molecule has 1 aromatic heterocycles. The van der Waals surface area contributed by atoms with Crippen LogP contribution < -0.4 is 9.47 Å². The molecule has 1 aliphatic rings. The minimum Gasteiger partial charge on any atom is -0.496 e. The number of ketones is 1. The van der Waals surface area contributed by atoms with E-state index >= 15 is 0 Å². The lowest BCUT2D eigenvalue weighted by atomic mass is 9.94. The fourth-order valence-electron chi connectivity index (χ4n) is 4.08. The van der Waals surface area contributed by atoms with E-state index in [2.05, 4.69) is 6.07 Å². The van der Waals surface area contributed by atoms with Crippen molar-refractivity contribution in [3.63, 3.8) is 0 Å². The zero-order valence-corrected chi connectivity index (χ0v) is 19.5. The molecule has 0 amide bonds. The van der Waals surface area contributed by atoms with Gasteiger partial charge in [-0.15, -0.1) is 11.3 Å². The number of benzene rings is 2. The molecule has 33 heavy (non-hydrogen) atoms. The average Bonchev–Trinajstić information content (AvgIpc) is 3.28. The maximum absolute atomic E-state index is 13.3. The number of methoxy groups -OCH3 is 1. The van der Waals surface area contributed by atoms with Crippen molar-refractivity contribution in [1.82, 2.24) is 0 Å². The molecule has 1 saturated heterocycles. The van der Waals surface area contributed by atoms with Crippen molar-refractivity contribution < 1.29 is 28.5 Å². The van der Waals surface area contributed by atoms with Gasteiger partial charge in [-0.25, -0.2) is 4.39 Å². The summed E-state index contributed by atoms with van der Waals surface area (Å²) in [6.45, 7) is 2.17. The van der Waals surface area contributed by atoms with Gasteiger partial charge < -0.3 is 19.3 Å². The van der Waals surface area contributed by atoms with E-state index in [9.17, 15) is 14.3 Å². The molecule has 174 valence electrons. The summed E-state index contributed by atoms with van der Waals surface area (Å²) in [6.07, 6.45) is 0.107. The van der Waals surface area contributed by atoms with Gasteiger partial charge in [-0.3, -0.25) is 4.79 Å². The summed E-state index contributed by atoms with van der Waals surface area (Å²) in [5.74, 6) is 1.12. The van der Waals surface area contributed by atoms with Crippen LogP contribution in [0.3, 0.4) is 0 Å². The Morgan fingerprint density at radius 1 is 1.12 bits per heavy atom. The number of Topliss-reactive ketones (excluding diaryl/α,β-unsaturated/α-hetero) is 1. The number of aliphatic hydroxyl groups is 1. The molecule has 3 aromatic rings. The first kappa shape index (κ1) is 23.4. The Labute approximate surface area is 196 Å². The monoisotopic (exact) mass is 470 g/mol. The van der Waals surface area contributed by atoms with Crippen LogP contribution >= 0.6 is 11.3 Å². The normalized spacial score (nSPS) is 18.4. The molecule has 2 aromatic carbocycles. The quantitative estimate of drug-likeness (QED) is 0.482. The number of aliphatic hydroxyl groups excluding tert-OH is 1. The molecule has 2 heterocycles. The Kier molecular flexibility index (Phi) is 7.42. The highest BCUT2D eigenvalue weighted by molar-refractivity contribution is 7.15. The summed E-state index contributed by atoms with van der Waals surface area (Å²) in [6, 6.07) is 14.4. The van der Waals surface area contributed by atoms with Crippen molar-refractivity contribution in [2.24, 2.45) is 0 Å². The molecular weight excluding hydrogens is 443 g/mol. The molecule has 0 radical (unpaired) electrons. The highest BCUT2D eigenvalue weighted by Gasteiger charge is 2.31. The second-order valence-electron chi connectivity index (χ2n) is 7.96. The van der Waals surface area contributed by atoms with Gasteiger partial charge in [0.2, 0.25) is 0 Å². The third-order valence-electron chi connectivity index (χ3n) is 5.64. The number of rotatable bonds is 8. The Morgan fingerprint density at radius 3 is 2.61 bits per heavy atom. The van der Waals surface area contributed by atoms with Gasteiger partial charge in [0.15, 0.2) is 0 Å². The van der Waals surface area contributed by atoms with Crippen LogP contribution in [0.15, 0.2) is 48.5 Å². The molecule has 4 rings (SSSR count). The van der Waals surface area contributed by atoms with Gasteiger partial charge >= 0.3 is 0 Å². The van der Waals surface area contributed by atoms with Gasteiger partial charge in [-0.2, -0.15) is 0 Å². The van der Waals surface area contributed by atoms with Gasteiger partial charge in [0.1, 0.15) is 23.1 Å². The molecule has 0 aliphatic carbocycles. The number of thiophene rings is 1. The van der Waals surface area contributed by atoms with E-state index in [0.29, 0.717) is 24.5 Å². The van der Waals surface area contributed by atoms with Gasteiger partial charge in [0, 0.05) is 40.6 Å². The lowest BCUT2D eigenvalue weighted by molar-refractivity contribution is -0.139. The second-order valence-corrected chi connectivity index (χ2v) is 9.13. The van der Waals surface area contributed by atoms with Gasteiger partial charge in [0.25, 0.3) is 0 Å². The minimum atomic E-state index is -0.508. The van der Waals surface area contributed by atoms with E-state index in [0.717, 1.165) is 26.4 Å². The molecule has 1 fully saturated rings. The van der Waals surface area contributed by atoms with Crippen molar-refractivity contribution in [3.05, 3.63) is 70.4 Å². The fourth-order valence-corrected chi connectivity index (χ4v) is 5.11. The van der Waals surface area contributed by atoms with Crippen LogP contribution in [0, 0.1) is 5.82 Å². The standard InChI is InChI=1S/C26H27FO5S/c1-3-31-24-14-23(30-2)17(11-22(24)25-13-19(29)12-20(15-28)32-25)10-21-8-9-26(33-21)16-4-6-18(27)7-5-16/h4-9,11,14,20,25,28H,3,10,12-13,15H2,1-2H3/t20-,25+/m0/s1. The van der Waals surface area contributed by atoms with E-state index in [-0.39, 0.29) is 31.0 Å². The van der Waals surface area contributed by atoms with Crippen LogP contribution in [-0.4, -0.2) is 37.3 Å². The summed E-state index contributed by atoms with van der Waals surface area (Å²) in [5.41, 5.74) is 2.70. The predicted molar refractivity (Wildman–Crippen MR) is 126 cm³/mol. The minimum absolute atomic E-state index is 0.0623. The summed E-state index contributed by atoms with van der Waals surface area (Å²) in [4.78, 5) is 14.4. The molecule has 0 saturated carbocycles. The first-order valence-electron chi connectivity index (χ1n) is 11.0. The Hall–Kier alpha value is -2.74. The molecule has 0 spiro atoms. The smallest absolute Gasteiger partial charge is 0.138 e. The Morgan fingerprint density at radius 2 is 1.91 bits per heavy atom. The van der Waals surface area contributed by atoms with Gasteiger partial charge in [-0.1, -0.05) is 12.1 Å².